The number of nitrogens with zero attached hydrogens (tertiary/aromatic N) is 2. The van der Waals surface area contributed by atoms with Crippen molar-refractivity contribution in [2.75, 3.05) is 13.1 Å². The van der Waals surface area contributed by atoms with Crippen molar-refractivity contribution >= 4 is 5.84 Å². The van der Waals surface area contributed by atoms with E-state index in [9.17, 15) is 4.39 Å². The number of hydrogen-bond donors (Lipinski definition) is 0. The minimum absolute atomic E-state index is 0.0828. The van der Waals surface area contributed by atoms with Gasteiger partial charge in [-0.2, -0.15) is 0 Å². The first kappa shape index (κ1) is 18.2. The molecule has 0 N–H and O–H groups in total. The van der Waals surface area contributed by atoms with Crippen LogP contribution < -0.4 is 0 Å². The van der Waals surface area contributed by atoms with Crippen LogP contribution in [0, 0.1) is 11.7 Å². The Morgan fingerprint density at radius 2 is 1.76 bits per heavy atom. The zero-order valence-electron chi connectivity index (χ0n) is 15.9. The molecule has 2 aliphatic rings. The molecule has 0 aromatic heterocycles. The van der Waals surface area contributed by atoms with Crippen molar-refractivity contribution in [3.05, 3.63) is 47.4 Å². The fraction of sp³-hybridized carbons (Fsp3) is 0.591. The highest BCUT2D eigenvalue weighted by Gasteiger charge is 2.43. The molecule has 0 radical (unpaired) electrons. The minimum Gasteiger partial charge on any atom is -0.360 e. The summed E-state index contributed by atoms with van der Waals surface area (Å²) in [5.41, 5.74) is 1.72. The molecule has 0 amide bonds. The molecule has 1 aromatic carbocycles. The van der Waals surface area contributed by atoms with Crippen molar-refractivity contribution in [1.29, 1.82) is 0 Å². The van der Waals surface area contributed by atoms with Gasteiger partial charge in [-0.15, -0.1) is 0 Å². The van der Waals surface area contributed by atoms with Crippen LogP contribution >= 0.6 is 0 Å². The second kappa shape index (κ2) is 7.72. The number of aliphatic imine (C=N–C) groups is 1. The van der Waals surface area contributed by atoms with E-state index < -0.39 is 0 Å². The Morgan fingerprint density at radius 1 is 1.12 bits per heavy atom. The molecule has 1 atom stereocenters. The van der Waals surface area contributed by atoms with Gasteiger partial charge in [-0.25, -0.2) is 9.38 Å². The van der Waals surface area contributed by atoms with E-state index >= 15 is 0 Å². The van der Waals surface area contributed by atoms with Crippen LogP contribution in [0.5, 0.6) is 0 Å². The summed E-state index contributed by atoms with van der Waals surface area (Å²) in [6.07, 6.45) is 8.86. The number of amidine groups is 1. The maximum Gasteiger partial charge on any atom is 0.127 e. The van der Waals surface area contributed by atoms with Gasteiger partial charge < -0.3 is 4.90 Å². The molecule has 2 nitrogen and oxygen atoms in total. The van der Waals surface area contributed by atoms with Crippen LogP contribution in [0.25, 0.3) is 0 Å². The molecule has 1 fully saturated rings. The number of allylic oxidation sites excluding steroid dienone is 1. The van der Waals surface area contributed by atoms with E-state index in [-0.39, 0.29) is 11.2 Å². The molecule has 0 saturated heterocycles. The van der Waals surface area contributed by atoms with Crippen LogP contribution in [-0.4, -0.2) is 23.8 Å². The molecule has 1 heterocycles. The third-order valence-electron chi connectivity index (χ3n) is 5.70. The lowest BCUT2D eigenvalue weighted by atomic mass is 9.75. The second-order valence-corrected chi connectivity index (χ2v) is 7.57. The van der Waals surface area contributed by atoms with Gasteiger partial charge in [-0.3, -0.25) is 0 Å². The third-order valence-corrected chi connectivity index (χ3v) is 5.70. The molecule has 1 aliphatic carbocycles. The van der Waals surface area contributed by atoms with E-state index in [2.05, 4.69) is 31.7 Å². The number of benzene rings is 1. The Morgan fingerprint density at radius 3 is 2.36 bits per heavy atom. The van der Waals surface area contributed by atoms with Crippen LogP contribution in [0.2, 0.25) is 0 Å². The Kier molecular flexibility index (Phi) is 5.61. The third kappa shape index (κ3) is 3.38. The summed E-state index contributed by atoms with van der Waals surface area (Å²) in [7, 11) is 0. The number of hydrogen-bond acceptors (Lipinski definition) is 2. The number of halogens is 1. The predicted molar refractivity (Wildman–Crippen MR) is 103 cm³/mol. The first-order valence-corrected chi connectivity index (χ1v) is 9.93. The molecule has 1 aliphatic heterocycles. The summed E-state index contributed by atoms with van der Waals surface area (Å²) in [5, 5.41) is 0. The van der Waals surface area contributed by atoms with Crippen LogP contribution in [-0.2, 0) is 5.41 Å². The van der Waals surface area contributed by atoms with Crippen molar-refractivity contribution in [3.8, 4) is 0 Å². The second-order valence-electron chi connectivity index (χ2n) is 7.57. The van der Waals surface area contributed by atoms with E-state index in [4.69, 9.17) is 4.99 Å². The minimum atomic E-state index is -0.231. The van der Waals surface area contributed by atoms with Gasteiger partial charge in [0, 0.05) is 30.1 Å². The molecule has 1 saturated carbocycles. The summed E-state index contributed by atoms with van der Waals surface area (Å²) in [6.45, 7) is 8.76. The maximum atomic E-state index is 14.6. The fourth-order valence-electron chi connectivity index (χ4n) is 4.57. The van der Waals surface area contributed by atoms with E-state index in [1.54, 1.807) is 12.1 Å². The summed E-state index contributed by atoms with van der Waals surface area (Å²) < 4.78 is 14.6. The monoisotopic (exact) mass is 342 g/mol. The van der Waals surface area contributed by atoms with Crippen LogP contribution in [0.4, 0.5) is 4.39 Å². The molecule has 136 valence electrons. The van der Waals surface area contributed by atoms with Crippen molar-refractivity contribution in [2.24, 2.45) is 10.9 Å². The summed E-state index contributed by atoms with van der Waals surface area (Å²) in [6, 6.07) is 7.31. The lowest BCUT2D eigenvalue weighted by Crippen LogP contribution is -2.35. The summed E-state index contributed by atoms with van der Waals surface area (Å²) >= 11 is 0. The van der Waals surface area contributed by atoms with Gasteiger partial charge in [-0.05, 0) is 37.3 Å². The lowest BCUT2D eigenvalue weighted by molar-refractivity contribution is 0.403. The molecule has 25 heavy (non-hydrogen) atoms. The molecule has 0 bridgehead atoms. The van der Waals surface area contributed by atoms with Gasteiger partial charge in [-0.1, -0.05) is 57.9 Å². The largest absolute Gasteiger partial charge is 0.360 e. The topological polar surface area (TPSA) is 15.6 Å². The molecule has 0 spiro atoms. The Labute approximate surface area is 151 Å². The lowest BCUT2D eigenvalue weighted by Gasteiger charge is -2.30. The average molecular weight is 343 g/mol. The number of rotatable bonds is 6. The van der Waals surface area contributed by atoms with Gasteiger partial charge in [0.25, 0.3) is 0 Å². The highest BCUT2D eigenvalue weighted by Crippen LogP contribution is 2.49. The highest BCUT2D eigenvalue weighted by atomic mass is 19.1. The van der Waals surface area contributed by atoms with Crippen LogP contribution in [0.1, 0.15) is 64.9 Å². The van der Waals surface area contributed by atoms with Gasteiger partial charge in [0.05, 0.1) is 0 Å². The quantitative estimate of drug-likeness (QED) is 0.648. The van der Waals surface area contributed by atoms with Gasteiger partial charge >= 0.3 is 0 Å². The zero-order valence-corrected chi connectivity index (χ0v) is 15.9. The van der Waals surface area contributed by atoms with Crippen molar-refractivity contribution in [3.63, 3.8) is 0 Å². The molecular formula is C22H31FN2. The first-order chi connectivity index (χ1) is 12.1. The normalized spacial score (nSPS) is 22.0. The molecule has 3 heteroatoms. The van der Waals surface area contributed by atoms with Crippen LogP contribution in [0.3, 0.4) is 0 Å². The van der Waals surface area contributed by atoms with Crippen molar-refractivity contribution in [1.82, 2.24) is 4.90 Å². The standard InChI is InChI=1S/C22H31FN2/c1-4-14-25(15-5-2)21-17(3)16-20(24-21)22(12-8-9-13-22)18-10-6-7-11-19(18)23/h6-7,10-11,16-17H,4-5,8-9,12-15H2,1-3H3. The highest BCUT2D eigenvalue weighted by molar-refractivity contribution is 5.89. The smallest absolute Gasteiger partial charge is 0.127 e. The Bertz CT molecular complexity index is 650. The molecule has 1 aromatic rings. The van der Waals surface area contributed by atoms with Gasteiger partial charge in [0.1, 0.15) is 11.7 Å². The van der Waals surface area contributed by atoms with Crippen LogP contribution in [0.15, 0.2) is 41.0 Å². The zero-order chi connectivity index (χ0) is 17.9. The summed E-state index contributed by atoms with van der Waals surface area (Å²) in [5.74, 6) is 1.42. The van der Waals surface area contributed by atoms with E-state index in [0.29, 0.717) is 5.92 Å². The van der Waals surface area contributed by atoms with Gasteiger partial charge in [0.15, 0.2) is 0 Å². The molecule has 1 unspecified atom stereocenters. The first-order valence-electron chi connectivity index (χ1n) is 9.93. The molecular weight excluding hydrogens is 311 g/mol. The SMILES string of the molecule is CCCN(CCC)C1=NC(C2(c3ccccc3F)CCCC2)=CC1C. The summed E-state index contributed by atoms with van der Waals surface area (Å²) in [4.78, 5) is 7.54. The van der Waals surface area contributed by atoms with Gasteiger partial charge in [0.2, 0.25) is 0 Å². The molecule has 3 rings (SSSR count). The van der Waals surface area contributed by atoms with Crippen molar-refractivity contribution in [2.45, 2.75) is 64.7 Å². The Hall–Kier alpha value is -1.64. The maximum absolute atomic E-state index is 14.6. The predicted octanol–water partition coefficient (Wildman–Crippen LogP) is 5.69. The van der Waals surface area contributed by atoms with Crippen molar-refractivity contribution < 1.29 is 4.39 Å². The average Bonchev–Trinajstić information content (AvgIpc) is 3.23. The Balaban J connectivity index is 1.98. The van der Waals surface area contributed by atoms with E-state index in [1.807, 2.05) is 12.1 Å². The van der Waals surface area contributed by atoms with E-state index in [0.717, 1.165) is 62.9 Å². The van der Waals surface area contributed by atoms with E-state index in [1.165, 1.54) is 5.84 Å². The fourth-order valence-corrected chi connectivity index (χ4v) is 4.57.